The van der Waals surface area contributed by atoms with Crippen LogP contribution in [0.15, 0.2) is 0 Å². The van der Waals surface area contributed by atoms with Gasteiger partial charge in [-0.05, 0) is 12.8 Å². The lowest BCUT2D eigenvalue weighted by atomic mass is 9.87. The lowest BCUT2D eigenvalue weighted by molar-refractivity contribution is -0.0765. The zero-order valence-corrected chi connectivity index (χ0v) is 9.30. The second kappa shape index (κ2) is 4.96. The first kappa shape index (κ1) is 10.9. The molecule has 0 radical (unpaired) electrons. The first-order valence-corrected chi connectivity index (χ1v) is 6.07. The fourth-order valence-corrected chi connectivity index (χ4v) is 2.38. The van der Waals surface area contributed by atoms with Crippen LogP contribution in [0.4, 0.5) is 0 Å². The fraction of sp³-hybridized carbons (Fsp3) is 0.917. The minimum absolute atomic E-state index is 0.216. The number of ether oxygens (including phenoxy) is 1. The lowest BCUT2D eigenvalue weighted by Crippen LogP contribution is -2.50. The Hall–Kier alpha value is -0.590. The van der Waals surface area contributed by atoms with E-state index in [0.717, 1.165) is 6.54 Å². The average Bonchev–Trinajstić information content (AvgIpc) is 2.45. The fourth-order valence-electron chi connectivity index (χ4n) is 2.38. The van der Waals surface area contributed by atoms with Crippen molar-refractivity contribution in [1.29, 1.82) is 5.26 Å². The van der Waals surface area contributed by atoms with E-state index >= 15 is 0 Å². The van der Waals surface area contributed by atoms with Crippen LogP contribution in [0.1, 0.15) is 38.5 Å². The summed E-state index contributed by atoms with van der Waals surface area (Å²) in [5.41, 5.74) is -0.216. The van der Waals surface area contributed by atoms with Crippen LogP contribution in [0.3, 0.4) is 0 Å². The Morgan fingerprint density at radius 2 is 1.87 bits per heavy atom. The number of nitrogens with one attached hydrogen (secondary N) is 1. The second-order valence-electron chi connectivity index (χ2n) is 4.95. The van der Waals surface area contributed by atoms with Crippen LogP contribution in [0, 0.1) is 16.7 Å². The molecule has 1 aliphatic heterocycles. The zero-order chi connectivity index (χ0) is 10.6. The maximum absolute atomic E-state index is 9.05. The molecular formula is C12H20N2O. The van der Waals surface area contributed by atoms with Gasteiger partial charge in [-0.2, -0.15) is 5.26 Å². The van der Waals surface area contributed by atoms with E-state index in [2.05, 4.69) is 11.4 Å². The number of hydrogen-bond donors (Lipinski definition) is 1. The molecule has 1 N–H and O–H groups in total. The summed E-state index contributed by atoms with van der Waals surface area (Å²) in [4.78, 5) is 0. The minimum atomic E-state index is -0.216. The summed E-state index contributed by atoms with van der Waals surface area (Å²) in [6.45, 7) is 2.04. The van der Waals surface area contributed by atoms with Crippen molar-refractivity contribution in [3.05, 3.63) is 0 Å². The highest BCUT2D eigenvalue weighted by atomic mass is 16.5. The van der Waals surface area contributed by atoms with Crippen molar-refractivity contribution in [1.82, 2.24) is 5.32 Å². The Balaban J connectivity index is 1.74. The summed E-state index contributed by atoms with van der Waals surface area (Å²) in [6.07, 6.45) is 8.00. The van der Waals surface area contributed by atoms with E-state index in [1.54, 1.807) is 0 Å². The van der Waals surface area contributed by atoms with Gasteiger partial charge in [-0.3, -0.25) is 0 Å². The van der Waals surface area contributed by atoms with Crippen LogP contribution in [0.5, 0.6) is 0 Å². The number of nitriles is 1. The van der Waals surface area contributed by atoms with Gasteiger partial charge < -0.3 is 10.1 Å². The topological polar surface area (TPSA) is 45.0 Å². The summed E-state index contributed by atoms with van der Waals surface area (Å²) in [7, 11) is 0. The number of hydrogen-bond acceptors (Lipinski definition) is 3. The monoisotopic (exact) mass is 208 g/mol. The normalized spacial score (nSPS) is 26.3. The van der Waals surface area contributed by atoms with E-state index in [0.29, 0.717) is 19.3 Å². The third-order valence-electron chi connectivity index (χ3n) is 3.58. The molecule has 15 heavy (non-hydrogen) atoms. The van der Waals surface area contributed by atoms with Crippen LogP contribution in [-0.4, -0.2) is 25.8 Å². The molecule has 1 saturated carbocycles. The molecule has 0 bridgehead atoms. The molecule has 1 heterocycles. The molecule has 0 amide bonds. The number of nitrogens with zero attached hydrogens (tertiary/aromatic N) is 1. The molecule has 0 aromatic rings. The molecule has 3 nitrogen and oxygen atoms in total. The van der Waals surface area contributed by atoms with Crippen LogP contribution < -0.4 is 5.32 Å². The highest BCUT2D eigenvalue weighted by molar-refractivity contribution is 5.05. The van der Waals surface area contributed by atoms with E-state index in [4.69, 9.17) is 10.00 Å². The molecule has 0 aromatic heterocycles. The predicted octanol–water partition coefficient (Wildman–Crippen LogP) is 1.84. The second-order valence-corrected chi connectivity index (χ2v) is 4.95. The highest BCUT2D eigenvalue weighted by Crippen LogP contribution is 2.26. The van der Waals surface area contributed by atoms with Gasteiger partial charge in [-0.1, -0.05) is 25.7 Å². The van der Waals surface area contributed by atoms with Gasteiger partial charge in [0.05, 0.1) is 19.3 Å². The molecule has 0 atom stereocenters. The summed E-state index contributed by atoms with van der Waals surface area (Å²) < 4.78 is 5.13. The van der Waals surface area contributed by atoms with E-state index in [9.17, 15) is 0 Å². The predicted molar refractivity (Wildman–Crippen MR) is 58.4 cm³/mol. The van der Waals surface area contributed by atoms with Crippen LogP contribution >= 0.6 is 0 Å². The Morgan fingerprint density at radius 1 is 1.20 bits per heavy atom. The minimum Gasteiger partial charge on any atom is -0.378 e. The summed E-state index contributed by atoms with van der Waals surface area (Å²) in [5, 5.41) is 12.6. The molecule has 3 heteroatoms. The van der Waals surface area contributed by atoms with Crippen molar-refractivity contribution in [3.63, 3.8) is 0 Å². The van der Waals surface area contributed by atoms with Crippen molar-refractivity contribution in [3.8, 4) is 6.07 Å². The largest absolute Gasteiger partial charge is 0.378 e. The maximum Gasteiger partial charge on any atom is 0.116 e. The van der Waals surface area contributed by atoms with E-state index < -0.39 is 0 Å². The SMILES string of the molecule is N#CC1(CNC2CCCCCC2)COC1. The van der Waals surface area contributed by atoms with Gasteiger partial charge in [-0.15, -0.1) is 0 Å². The summed E-state index contributed by atoms with van der Waals surface area (Å²) in [6, 6.07) is 3.02. The number of rotatable bonds is 3. The molecule has 2 aliphatic rings. The zero-order valence-electron chi connectivity index (χ0n) is 9.30. The van der Waals surface area contributed by atoms with Gasteiger partial charge in [0.25, 0.3) is 0 Å². The van der Waals surface area contributed by atoms with Crippen molar-refractivity contribution in [2.24, 2.45) is 5.41 Å². The molecule has 2 rings (SSSR count). The van der Waals surface area contributed by atoms with E-state index in [1.807, 2.05) is 0 Å². The Bertz CT molecular complexity index is 234. The molecule has 0 spiro atoms. The molecule has 1 saturated heterocycles. The van der Waals surface area contributed by atoms with Gasteiger partial charge in [0, 0.05) is 12.6 Å². The van der Waals surface area contributed by atoms with E-state index in [1.165, 1.54) is 38.5 Å². The lowest BCUT2D eigenvalue weighted by Gasteiger charge is -2.36. The molecule has 1 aliphatic carbocycles. The first-order chi connectivity index (χ1) is 7.35. The smallest absolute Gasteiger partial charge is 0.116 e. The third kappa shape index (κ3) is 2.70. The standard InChI is InChI=1S/C12H20N2O/c13-7-12(9-15-10-12)8-14-11-5-3-1-2-4-6-11/h11,14H,1-6,8-10H2. The van der Waals surface area contributed by atoms with Gasteiger partial charge in [0.15, 0.2) is 0 Å². The summed E-state index contributed by atoms with van der Waals surface area (Å²) in [5.74, 6) is 0. The maximum atomic E-state index is 9.05. The summed E-state index contributed by atoms with van der Waals surface area (Å²) >= 11 is 0. The van der Waals surface area contributed by atoms with Crippen LogP contribution in [0.25, 0.3) is 0 Å². The molecular weight excluding hydrogens is 188 g/mol. The molecule has 84 valence electrons. The van der Waals surface area contributed by atoms with Crippen molar-refractivity contribution >= 4 is 0 Å². The first-order valence-electron chi connectivity index (χ1n) is 6.07. The Labute approximate surface area is 91.8 Å². The average molecular weight is 208 g/mol. The van der Waals surface area contributed by atoms with Crippen molar-refractivity contribution in [2.75, 3.05) is 19.8 Å². The van der Waals surface area contributed by atoms with Gasteiger partial charge in [0.1, 0.15) is 5.41 Å². The molecule has 2 fully saturated rings. The molecule has 0 aromatic carbocycles. The van der Waals surface area contributed by atoms with Crippen molar-refractivity contribution in [2.45, 2.75) is 44.6 Å². The quantitative estimate of drug-likeness (QED) is 0.720. The van der Waals surface area contributed by atoms with E-state index in [-0.39, 0.29) is 5.41 Å². The van der Waals surface area contributed by atoms with Gasteiger partial charge in [-0.25, -0.2) is 0 Å². The van der Waals surface area contributed by atoms with Gasteiger partial charge in [0.2, 0.25) is 0 Å². The van der Waals surface area contributed by atoms with Crippen LogP contribution in [0.2, 0.25) is 0 Å². The highest BCUT2D eigenvalue weighted by Gasteiger charge is 2.39. The van der Waals surface area contributed by atoms with Crippen LogP contribution in [-0.2, 0) is 4.74 Å². The molecule has 0 unspecified atom stereocenters. The van der Waals surface area contributed by atoms with Crippen molar-refractivity contribution < 1.29 is 4.74 Å². The Morgan fingerprint density at radius 3 is 2.33 bits per heavy atom. The third-order valence-corrected chi connectivity index (χ3v) is 3.58. The van der Waals surface area contributed by atoms with Gasteiger partial charge >= 0.3 is 0 Å². The Kier molecular flexibility index (Phi) is 3.61.